The predicted molar refractivity (Wildman–Crippen MR) is 132 cm³/mol. The second-order valence-corrected chi connectivity index (χ2v) is 8.55. The van der Waals surface area contributed by atoms with E-state index >= 15 is 0 Å². The number of fused-ring (bicyclic) bond motifs is 1. The molecule has 8 nitrogen and oxygen atoms in total. The summed E-state index contributed by atoms with van der Waals surface area (Å²) in [6.45, 7) is 5.01. The van der Waals surface area contributed by atoms with Crippen molar-refractivity contribution in [1.82, 2.24) is 10.4 Å². The molecule has 1 aliphatic rings. The van der Waals surface area contributed by atoms with E-state index in [9.17, 15) is 19.2 Å². The van der Waals surface area contributed by atoms with Gasteiger partial charge in [-0.15, -0.1) is 0 Å². The third-order valence-electron chi connectivity index (χ3n) is 5.82. The number of hydrazine groups is 1. The highest BCUT2D eigenvalue weighted by Crippen LogP contribution is 2.28. The first-order valence-corrected chi connectivity index (χ1v) is 11.5. The molecule has 0 spiro atoms. The zero-order valence-electron chi connectivity index (χ0n) is 19.9. The quantitative estimate of drug-likeness (QED) is 0.437. The number of nitrogens with zero attached hydrogens (tertiary/aromatic N) is 2. The molecule has 1 heterocycles. The number of hydrogen-bond acceptors (Lipinski definition) is 5. The van der Waals surface area contributed by atoms with Crippen LogP contribution in [0.15, 0.2) is 60.7 Å². The average molecular weight is 474 g/mol. The Balaban J connectivity index is 1.50. The molecule has 1 fully saturated rings. The molecule has 0 aliphatic carbocycles. The van der Waals surface area contributed by atoms with Crippen LogP contribution >= 0.6 is 0 Å². The van der Waals surface area contributed by atoms with Crippen molar-refractivity contribution in [1.29, 1.82) is 0 Å². The lowest BCUT2D eigenvalue weighted by atomic mass is 10.1. The number of nitrogens with one attached hydrogen (secondary N) is 1. The number of amides is 4. The summed E-state index contributed by atoms with van der Waals surface area (Å²) in [4.78, 5) is 52.5. The highest BCUT2D eigenvalue weighted by atomic mass is 16.5. The number of imide groups is 1. The van der Waals surface area contributed by atoms with Gasteiger partial charge in [-0.1, -0.05) is 49.4 Å². The zero-order chi connectivity index (χ0) is 25.1. The SMILES string of the molecule is CCC(=O)N(NC(=O)COc1cccc2ccccc12)C1CC(=O)N(c2cc(C)cc(C)c2)C1=O. The van der Waals surface area contributed by atoms with Crippen molar-refractivity contribution in [3.63, 3.8) is 0 Å². The molecule has 0 aromatic heterocycles. The predicted octanol–water partition coefficient (Wildman–Crippen LogP) is 3.44. The van der Waals surface area contributed by atoms with Crippen LogP contribution in [0.5, 0.6) is 5.75 Å². The van der Waals surface area contributed by atoms with Gasteiger partial charge >= 0.3 is 0 Å². The lowest BCUT2D eigenvalue weighted by Crippen LogP contribution is -2.55. The fourth-order valence-corrected chi connectivity index (χ4v) is 4.28. The maximum atomic E-state index is 13.2. The first-order chi connectivity index (χ1) is 16.8. The highest BCUT2D eigenvalue weighted by Gasteiger charge is 2.45. The number of rotatable bonds is 6. The van der Waals surface area contributed by atoms with E-state index in [1.165, 1.54) is 0 Å². The summed E-state index contributed by atoms with van der Waals surface area (Å²) in [5.41, 5.74) is 4.76. The van der Waals surface area contributed by atoms with Crippen molar-refractivity contribution in [3.05, 3.63) is 71.8 Å². The number of ether oxygens (including phenoxy) is 1. The zero-order valence-corrected chi connectivity index (χ0v) is 19.9. The highest BCUT2D eigenvalue weighted by molar-refractivity contribution is 6.23. The number of hydrogen-bond donors (Lipinski definition) is 1. The first kappa shape index (κ1) is 23.9. The molecule has 1 unspecified atom stereocenters. The molecular weight excluding hydrogens is 446 g/mol. The fraction of sp³-hybridized carbons (Fsp3) is 0.259. The topological polar surface area (TPSA) is 96.0 Å². The third-order valence-corrected chi connectivity index (χ3v) is 5.82. The number of benzene rings is 3. The third kappa shape index (κ3) is 5.01. The molecule has 35 heavy (non-hydrogen) atoms. The van der Waals surface area contributed by atoms with Crippen LogP contribution in [0.2, 0.25) is 0 Å². The second-order valence-electron chi connectivity index (χ2n) is 8.55. The second kappa shape index (κ2) is 9.97. The van der Waals surface area contributed by atoms with Gasteiger partial charge in [0.2, 0.25) is 11.8 Å². The fourth-order valence-electron chi connectivity index (χ4n) is 4.28. The summed E-state index contributed by atoms with van der Waals surface area (Å²) in [6, 6.07) is 17.4. The lowest BCUT2D eigenvalue weighted by Gasteiger charge is -2.27. The van der Waals surface area contributed by atoms with Gasteiger partial charge in [0.15, 0.2) is 6.61 Å². The monoisotopic (exact) mass is 473 g/mol. The minimum Gasteiger partial charge on any atom is -0.483 e. The number of anilines is 1. The molecule has 1 saturated heterocycles. The van der Waals surface area contributed by atoms with E-state index in [4.69, 9.17) is 4.74 Å². The van der Waals surface area contributed by atoms with Gasteiger partial charge in [-0.05, 0) is 48.6 Å². The van der Waals surface area contributed by atoms with Gasteiger partial charge in [-0.25, -0.2) is 9.91 Å². The van der Waals surface area contributed by atoms with Gasteiger partial charge in [0, 0.05) is 11.8 Å². The van der Waals surface area contributed by atoms with E-state index in [-0.39, 0.29) is 19.4 Å². The molecule has 3 aromatic rings. The van der Waals surface area contributed by atoms with Gasteiger partial charge < -0.3 is 4.74 Å². The Morgan fingerprint density at radius 3 is 2.43 bits per heavy atom. The van der Waals surface area contributed by atoms with Crippen molar-refractivity contribution in [2.24, 2.45) is 0 Å². The van der Waals surface area contributed by atoms with Crippen molar-refractivity contribution in [2.45, 2.75) is 39.7 Å². The lowest BCUT2D eigenvalue weighted by molar-refractivity contribution is -0.148. The standard InChI is InChI=1S/C27H27N3O5/c1-4-25(32)30(22-15-26(33)29(27(22)34)20-13-17(2)12-18(3)14-20)28-24(31)16-35-23-11-7-9-19-8-5-6-10-21(19)23/h5-14,22H,4,15-16H2,1-3H3,(H,28,31). The number of carbonyl (C=O) groups is 4. The average Bonchev–Trinajstić information content (AvgIpc) is 3.13. The van der Waals surface area contributed by atoms with Gasteiger partial charge in [0.25, 0.3) is 11.8 Å². The van der Waals surface area contributed by atoms with Gasteiger partial charge in [-0.3, -0.25) is 24.6 Å². The summed E-state index contributed by atoms with van der Waals surface area (Å²) in [5, 5.41) is 2.79. The Hall–Kier alpha value is -4.20. The summed E-state index contributed by atoms with van der Waals surface area (Å²) < 4.78 is 5.71. The van der Waals surface area contributed by atoms with E-state index < -0.39 is 29.7 Å². The molecule has 0 saturated carbocycles. The Labute approximate surface area is 203 Å². The van der Waals surface area contributed by atoms with E-state index in [1.807, 2.05) is 56.3 Å². The molecule has 180 valence electrons. The van der Waals surface area contributed by atoms with Gasteiger partial charge in [-0.2, -0.15) is 0 Å². The molecule has 0 bridgehead atoms. The Bertz CT molecular complexity index is 1290. The number of aryl methyl sites for hydroxylation is 2. The Kier molecular flexibility index (Phi) is 6.82. The molecule has 1 aliphatic heterocycles. The van der Waals surface area contributed by atoms with Crippen LogP contribution in [0.4, 0.5) is 5.69 Å². The Morgan fingerprint density at radius 2 is 1.71 bits per heavy atom. The Morgan fingerprint density at radius 1 is 1.03 bits per heavy atom. The molecule has 1 N–H and O–H groups in total. The summed E-state index contributed by atoms with van der Waals surface area (Å²) >= 11 is 0. The van der Waals surface area contributed by atoms with Crippen molar-refractivity contribution < 1.29 is 23.9 Å². The summed E-state index contributed by atoms with van der Waals surface area (Å²) in [5.74, 6) is -1.54. The van der Waals surface area contributed by atoms with Gasteiger partial charge in [0.05, 0.1) is 12.1 Å². The van der Waals surface area contributed by atoms with Crippen LogP contribution < -0.4 is 15.1 Å². The molecule has 4 rings (SSSR count). The van der Waals surface area contributed by atoms with Crippen LogP contribution in [-0.4, -0.2) is 41.3 Å². The van der Waals surface area contributed by atoms with E-state index in [2.05, 4.69) is 5.43 Å². The van der Waals surface area contributed by atoms with Crippen LogP contribution in [0.25, 0.3) is 10.8 Å². The van der Waals surface area contributed by atoms with Crippen LogP contribution in [0.1, 0.15) is 30.9 Å². The molecule has 8 heteroatoms. The van der Waals surface area contributed by atoms with E-state index in [0.717, 1.165) is 31.8 Å². The van der Waals surface area contributed by atoms with Crippen molar-refractivity contribution in [3.8, 4) is 5.75 Å². The first-order valence-electron chi connectivity index (χ1n) is 11.5. The largest absolute Gasteiger partial charge is 0.483 e. The van der Waals surface area contributed by atoms with Crippen molar-refractivity contribution >= 4 is 40.1 Å². The molecule has 4 amide bonds. The molecule has 3 aromatic carbocycles. The smallest absolute Gasteiger partial charge is 0.276 e. The van der Waals surface area contributed by atoms with E-state index in [1.54, 1.807) is 25.1 Å². The van der Waals surface area contributed by atoms with Gasteiger partial charge in [0.1, 0.15) is 11.8 Å². The maximum Gasteiger partial charge on any atom is 0.276 e. The van der Waals surface area contributed by atoms with Crippen molar-refractivity contribution in [2.75, 3.05) is 11.5 Å². The molecular formula is C27H27N3O5. The normalized spacial score (nSPS) is 15.4. The molecule has 1 atom stereocenters. The van der Waals surface area contributed by atoms with Crippen LogP contribution in [0.3, 0.4) is 0 Å². The summed E-state index contributed by atoms with van der Waals surface area (Å²) in [7, 11) is 0. The minimum absolute atomic E-state index is 0.0476. The summed E-state index contributed by atoms with van der Waals surface area (Å²) in [6.07, 6.45) is -0.173. The van der Waals surface area contributed by atoms with E-state index in [0.29, 0.717) is 11.4 Å². The number of carbonyl (C=O) groups excluding carboxylic acids is 4. The minimum atomic E-state index is -1.13. The van der Waals surface area contributed by atoms with Crippen LogP contribution in [-0.2, 0) is 19.2 Å². The van der Waals surface area contributed by atoms with Crippen LogP contribution in [0, 0.1) is 13.8 Å². The molecule has 0 radical (unpaired) electrons. The maximum absolute atomic E-state index is 13.2.